The summed E-state index contributed by atoms with van der Waals surface area (Å²) in [6.45, 7) is 6.88. The van der Waals surface area contributed by atoms with Gasteiger partial charge < -0.3 is 28.5 Å². The van der Waals surface area contributed by atoms with E-state index in [1.165, 1.54) is 257 Å². The number of carbonyl (C=O) groups is 2. The van der Waals surface area contributed by atoms with E-state index >= 15 is 0 Å². The average Bonchev–Trinajstić information content (AvgIpc) is 3.44. The Kier molecular flexibility index (Phi) is 60.0. The molecule has 81 heavy (non-hydrogen) atoms. The van der Waals surface area contributed by atoms with Crippen LogP contribution in [-0.4, -0.2) is 69.4 Å². The molecule has 0 aromatic rings. The molecule has 0 aliphatic carbocycles. The molecular formula is C71H137N2O7P. The van der Waals surface area contributed by atoms with Crippen LogP contribution in [0.4, 0.5) is 0 Å². The summed E-state index contributed by atoms with van der Waals surface area (Å²) in [5.41, 5.74) is 0. The molecule has 3 atom stereocenters. The second-order valence-electron chi connectivity index (χ2n) is 25.4. The number of hydrogen-bond acceptors (Lipinski definition) is 7. The molecule has 0 bridgehead atoms. The lowest BCUT2D eigenvalue weighted by molar-refractivity contribution is -0.870. The van der Waals surface area contributed by atoms with Gasteiger partial charge in [0.15, 0.2) is 0 Å². The normalized spacial score (nSPS) is 13.7. The first kappa shape index (κ1) is 79.2. The predicted octanol–water partition coefficient (Wildman–Crippen LogP) is 21.6. The summed E-state index contributed by atoms with van der Waals surface area (Å²) in [6, 6.07) is -0.883. The van der Waals surface area contributed by atoms with Crippen LogP contribution in [0.25, 0.3) is 0 Å². The maximum absolute atomic E-state index is 13.6. The second kappa shape index (κ2) is 61.3. The van der Waals surface area contributed by atoms with Crippen molar-refractivity contribution < 1.29 is 37.3 Å². The number of amides is 1. The fourth-order valence-corrected chi connectivity index (χ4v) is 11.3. The van der Waals surface area contributed by atoms with E-state index in [1.807, 2.05) is 33.3 Å². The third-order valence-electron chi connectivity index (χ3n) is 16.1. The number of likely N-dealkylation sites (N-methyl/N-ethyl adjacent to an activating group) is 1. The van der Waals surface area contributed by atoms with Crippen molar-refractivity contribution in [2.45, 2.75) is 367 Å². The van der Waals surface area contributed by atoms with Crippen LogP contribution in [0.2, 0.25) is 0 Å². The number of phosphoric acid groups is 1. The van der Waals surface area contributed by atoms with Crippen molar-refractivity contribution in [3.8, 4) is 0 Å². The molecule has 0 saturated carbocycles. The fraction of sp³-hybridized carbons (Fsp3) is 0.887. The van der Waals surface area contributed by atoms with Crippen LogP contribution >= 0.6 is 7.82 Å². The Labute approximate surface area is 504 Å². The van der Waals surface area contributed by atoms with Crippen LogP contribution in [0.5, 0.6) is 0 Å². The zero-order valence-corrected chi connectivity index (χ0v) is 55.7. The summed E-state index contributed by atoms with van der Waals surface area (Å²) in [6.07, 6.45) is 75.5. The van der Waals surface area contributed by atoms with Crippen LogP contribution in [0.3, 0.4) is 0 Å². The van der Waals surface area contributed by atoms with Crippen molar-refractivity contribution in [1.29, 1.82) is 0 Å². The molecule has 1 N–H and O–H groups in total. The molecule has 0 spiro atoms. The summed E-state index contributed by atoms with van der Waals surface area (Å²) in [7, 11) is 1.20. The average molecular weight is 1160 g/mol. The molecule has 0 aliphatic rings. The van der Waals surface area contributed by atoms with E-state index in [0.29, 0.717) is 17.4 Å². The molecule has 0 saturated heterocycles. The summed E-state index contributed by atoms with van der Waals surface area (Å²) in [5.74, 6) is -0.520. The number of ether oxygens (including phenoxy) is 1. The van der Waals surface area contributed by atoms with Crippen LogP contribution in [0.1, 0.15) is 355 Å². The van der Waals surface area contributed by atoms with E-state index in [-0.39, 0.29) is 31.5 Å². The number of phosphoric ester groups is 1. The van der Waals surface area contributed by atoms with E-state index in [1.54, 1.807) is 0 Å². The van der Waals surface area contributed by atoms with Gasteiger partial charge >= 0.3 is 5.97 Å². The minimum Gasteiger partial charge on any atom is -0.756 e. The highest BCUT2D eigenvalue weighted by molar-refractivity contribution is 7.45. The van der Waals surface area contributed by atoms with Crippen molar-refractivity contribution in [1.82, 2.24) is 5.32 Å². The minimum atomic E-state index is -4.70. The number of quaternary nitrogens is 1. The van der Waals surface area contributed by atoms with Gasteiger partial charge in [-0.3, -0.25) is 14.2 Å². The first-order chi connectivity index (χ1) is 39.4. The van der Waals surface area contributed by atoms with Crippen molar-refractivity contribution in [2.24, 2.45) is 0 Å². The lowest BCUT2D eigenvalue weighted by Gasteiger charge is -2.30. The molecule has 478 valence electrons. The standard InChI is InChI=1S/C71H137N2O7P/c1-7-10-13-16-19-22-25-28-30-31-32-33-34-35-36-37-38-39-40-41-43-46-49-52-55-58-61-64-71(75)80-69(62-59-56-53-50-47-44-27-24-21-18-15-12-9-3)68(67-79-81(76,77)78-66-65-73(4,5)6)72-70(74)63-60-57-54-51-48-45-42-29-26-23-20-17-14-11-8-2/h19,22,28,30,59,62,68-69H,7-18,20-21,23-27,29,31-58,60-61,63-67H2,1-6H3,(H-,72,74,76,77)/b22-19-,30-28-,62-59-. The maximum atomic E-state index is 13.6. The van der Waals surface area contributed by atoms with Crippen LogP contribution in [0.15, 0.2) is 36.5 Å². The summed E-state index contributed by atoms with van der Waals surface area (Å²) in [5, 5.41) is 3.05. The number of hydrogen-bond donors (Lipinski definition) is 1. The third kappa shape index (κ3) is 62.6. The topological polar surface area (TPSA) is 114 Å². The summed E-state index contributed by atoms with van der Waals surface area (Å²) < 4.78 is 30.4. The van der Waals surface area contributed by atoms with Gasteiger partial charge in [0.2, 0.25) is 5.91 Å². The number of carbonyl (C=O) groups excluding carboxylic acids is 2. The molecule has 9 nitrogen and oxygen atoms in total. The first-order valence-corrected chi connectivity index (χ1v) is 36.8. The van der Waals surface area contributed by atoms with E-state index in [2.05, 4.69) is 50.4 Å². The number of nitrogens with zero attached hydrogens (tertiary/aromatic N) is 1. The van der Waals surface area contributed by atoms with E-state index < -0.39 is 20.0 Å². The number of allylic oxidation sites excluding steroid dienone is 5. The SMILES string of the molecule is CCCCC/C=C\C/C=C\CCCCCCCCCCCCCCCCCCCC(=O)OC(/C=C\CCCCCCCCCCCCC)C(COP(=O)([O-])OCC[N+](C)(C)C)NC(=O)CCCCCCCCCCCCCCCCC. The molecule has 0 aliphatic heterocycles. The van der Waals surface area contributed by atoms with Gasteiger partial charge in [-0.25, -0.2) is 0 Å². The smallest absolute Gasteiger partial charge is 0.306 e. The zero-order valence-electron chi connectivity index (χ0n) is 54.8. The second-order valence-corrected chi connectivity index (χ2v) is 26.8. The molecular weight excluding hydrogens is 1020 g/mol. The summed E-state index contributed by atoms with van der Waals surface area (Å²) >= 11 is 0. The highest BCUT2D eigenvalue weighted by Gasteiger charge is 2.27. The first-order valence-electron chi connectivity index (χ1n) is 35.3. The van der Waals surface area contributed by atoms with Crippen molar-refractivity contribution >= 4 is 19.7 Å². The maximum Gasteiger partial charge on any atom is 0.306 e. The molecule has 3 unspecified atom stereocenters. The molecule has 10 heteroatoms. The molecule has 0 aromatic carbocycles. The van der Waals surface area contributed by atoms with Gasteiger partial charge in [0, 0.05) is 12.8 Å². The fourth-order valence-electron chi connectivity index (χ4n) is 10.6. The van der Waals surface area contributed by atoms with Gasteiger partial charge in [0.1, 0.15) is 19.3 Å². The predicted molar refractivity (Wildman–Crippen MR) is 349 cm³/mol. The van der Waals surface area contributed by atoms with Crippen LogP contribution in [0, 0.1) is 0 Å². The van der Waals surface area contributed by atoms with Crippen molar-refractivity contribution in [3.63, 3.8) is 0 Å². The van der Waals surface area contributed by atoms with Crippen molar-refractivity contribution in [3.05, 3.63) is 36.5 Å². The third-order valence-corrected chi connectivity index (χ3v) is 17.0. The molecule has 0 radical (unpaired) electrons. The Bertz CT molecular complexity index is 1480. The lowest BCUT2D eigenvalue weighted by Crippen LogP contribution is -2.47. The van der Waals surface area contributed by atoms with Crippen molar-refractivity contribution in [2.75, 3.05) is 40.9 Å². The van der Waals surface area contributed by atoms with Crippen LogP contribution < -0.4 is 10.2 Å². The Balaban J connectivity index is 5.00. The van der Waals surface area contributed by atoms with E-state index in [4.69, 9.17) is 13.8 Å². The van der Waals surface area contributed by atoms with Gasteiger partial charge in [-0.05, 0) is 63.9 Å². The number of unbranched alkanes of at least 4 members (excludes halogenated alkanes) is 45. The number of rotatable bonds is 65. The van der Waals surface area contributed by atoms with Gasteiger partial charge in [-0.1, -0.05) is 314 Å². The lowest BCUT2D eigenvalue weighted by atomic mass is 10.0. The minimum absolute atomic E-state index is 0.0185. The highest BCUT2D eigenvalue weighted by atomic mass is 31.2. The number of esters is 1. The number of nitrogens with one attached hydrogen (secondary N) is 1. The molecule has 0 rings (SSSR count). The molecule has 1 amide bonds. The Morgan fingerprint density at radius 2 is 0.753 bits per heavy atom. The van der Waals surface area contributed by atoms with Gasteiger partial charge in [-0.15, -0.1) is 0 Å². The Morgan fingerprint density at radius 1 is 0.432 bits per heavy atom. The molecule has 0 fully saturated rings. The molecule has 0 heterocycles. The Morgan fingerprint density at radius 3 is 1.14 bits per heavy atom. The summed E-state index contributed by atoms with van der Waals surface area (Å²) in [4.78, 5) is 40.1. The highest BCUT2D eigenvalue weighted by Crippen LogP contribution is 2.38. The van der Waals surface area contributed by atoms with E-state index in [0.717, 1.165) is 64.2 Å². The zero-order chi connectivity index (χ0) is 59.3. The van der Waals surface area contributed by atoms with Gasteiger partial charge in [-0.2, -0.15) is 0 Å². The van der Waals surface area contributed by atoms with Gasteiger partial charge in [0.05, 0.1) is 33.8 Å². The quantitative estimate of drug-likeness (QED) is 0.0212. The largest absolute Gasteiger partial charge is 0.756 e. The monoisotopic (exact) mass is 1160 g/mol. The molecule has 0 aromatic heterocycles. The van der Waals surface area contributed by atoms with Crippen LogP contribution in [-0.2, 0) is 27.9 Å². The Hall–Kier alpha value is -1.77. The van der Waals surface area contributed by atoms with Gasteiger partial charge in [0.25, 0.3) is 7.82 Å². The van der Waals surface area contributed by atoms with E-state index in [9.17, 15) is 19.0 Å².